The van der Waals surface area contributed by atoms with Crippen molar-refractivity contribution in [3.05, 3.63) is 34.9 Å². The van der Waals surface area contributed by atoms with Crippen molar-refractivity contribution in [2.45, 2.75) is 72.4 Å². The number of nitrogens with zero attached hydrogens (tertiary/aromatic N) is 1. The van der Waals surface area contributed by atoms with E-state index in [1.807, 2.05) is 0 Å². The van der Waals surface area contributed by atoms with Crippen LogP contribution in [0.25, 0.3) is 0 Å². The molecule has 1 atom stereocenters. The summed E-state index contributed by atoms with van der Waals surface area (Å²) in [6.07, 6.45) is 3.17. The Hall–Kier alpha value is -0.860. The van der Waals surface area contributed by atoms with Crippen LogP contribution in [0.3, 0.4) is 0 Å². The van der Waals surface area contributed by atoms with Crippen molar-refractivity contribution in [1.82, 2.24) is 4.90 Å². The quantitative estimate of drug-likeness (QED) is 0.782. The maximum atomic E-state index is 6.70. The van der Waals surface area contributed by atoms with Crippen LogP contribution < -0.4 is 5.73 Å². The van der Waals surface area contributed by atoms with Crippen LogP contribution in [-0.4, -0.2) is 29.6 Å². The molecule has 0 fully saturated rings. The molecule has 1 aromatic carbocycles. The first-order chi connectivity index (χ1) is 9.94. The van der Waals surface area contributed by atoms with Gasteiger partial charge in [0, 0.05) is 11.6 Å². The van der Waals surface area contributed by atoms with E-state index in [1.165, 1.54) is 16.7 Å². The highest BCUT2D eigenvalue weighted by Gasteiger charge is 2.37. The monoisotopic (exact) mass is 290 g/mol. The van der Waals surface area contributed by atoms with Crippen molar-refractivity contribution in [3.8, 4) is 0 Å². The largest absolute Gasteiger partial charge is 0.326 e. The van der Waals surface area contributed by atoms with Gasteiger partial charge in [-0.05, 0) is 62.9 Å². The van der Waals surface area contributed by atoms with Crippen molar-refractivity contribution in [2.24, 2.45) is 5.73 Å². The number of likely N-dealkylation sites (N-methyl/N-ethyl adjacent to an activating group) is 1. The van der Waals surface area contributed by atoms with Gasteiger partial charge in [0.05, 0.1) is 0 Å². The smallest absolute Gasteiger partial charge is 0.0358 e. The summed E-state index contributed by atoms with van der Waals surface area (Å²) in [7, 11) is 0. The number of rotatable bonds is 8. The zero-order chi connectivity index (χ0) is 16.0. The van der Waals surface area contributed by atoms with E-state index in [4.69, 9.17) is 5.73 Å². The summed E-state index contributed by atoms with van der Waals surface area (Å²) in [5.41, 5.74) is 10.9. The van der Waals surface area contributed by atoms with Gasteiger partial charge in [-0.3, -0.25) is 4.90 Å². The molecule has 2 nitrogen and oxygen atoms in total. The van der Waals surface area contributed by atoms with Crippen LogP contribution in [0.1, 0.15) is 57.2 Å². The molecule has 2 N–H and O–H groups in total. The summed E-state index contributed by atoms with van der Waals surface area (Å²) in [6.45, 7) is 15.5. The predicted molar refractivity (Wildman–Crippen MR) is 93.8 cm³/mol. The van der Waals surface area contributed by atoms with E-state index >= 15 is 0 Å². The predicted octanol–water partition coefficient (Wildman–Crippen LogP) is 4.07. The van der Waals surface area contributed by atoms with Crippen LogP contribution in [-0.2, 0) is 6.42 Å². The standard InChI is InChI=1S/C19H34N2/c1-7-19(8-2,21(9-3)10-4)18(20)14-17-12-11-15(5)16(6)13-17/h11-13,18H,7-10,14,20H2,1-6H3. The van der Waals surface area contributed by atoms with Gasteiger partial charge in [-0.25, -0.2) is 0 Å². The van der Waals surface area contributed by atoms with Crippen molar-refractivity contribution >= 4 is 0 Å². The van der Waals surface area contributed by atoms with Gasteiger partial charge in [0.25, 0.3) is 0 Å². The van der Waals surface area contributed by atoms with Crippen LogP contribution in [0.15, 0.2) is 18.2 Å². The van der Waals surface area contributed by atoms with Crippen LogP contribution in [0.5, 0.6) is 0 Å². The Balaban J connectivity index is 3.00. The van der Waals surface area contributed by atoms with Crippen LogP contribution in [0, 0.1) is 13.8 Å². The molecule has 2 heteroatoms. The van der Waals surface area contributed by atoms with Crippen molar-refractivity contribution in [3.63, 3.8) is 0 Å². The normalized spacial score (nSPS) is 13.7. The van der Waals surface area contributed by atoms with E-state index in [0.717, 1.165) is 32.4 Å². The Bertz CT molecular complexity index is 431. The average Bonchev–Trinajstić information content (AvgIpc) is 2.48. The Kier molecular flexibility index (Phi) is 6.89. The minimum absolute atomic E-state index is 0.113. The Morgan fingerprint density at radius 1 is 1.00 bits per heavy atom. The summed E-state index contributed by atoms with van der Waals surface area (Å²) in [5.74, 6) is 0. The highest BCUT2D eigenvalue weighted by molar-refractivity contribution is 5.30. The number of benzene rings is 1. The van der Waals surface area contributed by atoms with E-state index in [2.05, 4.69) is 64.6 Å². The van der Waals surface area contributed by atoms with E-state index in [9.17, 15) is 0 Å². The lowest BCUT2D eigenvalue weighted by atomic mass is 9.80. The second-order valence-corrected chi connectivity index (χ2v) is 6.21. The lowest BCUT2D eigenvalue weighted by molar-refractivity contribution is 0.0628. The first-order valence-corrected chi connectivity index (χ1v) is 8.51. The summed E-state index contributed by atoms with van der Waals surface area (Å²) >= 11 is 0. The molecule has 1 unspecified atom stereocenters. The maximum Gasteiger partial charge on any atom is 0.0358 e. The highest BCUT2D eigenvalue weighted by atomic mass is 15.2. The molecule has 1 aromatic rings. The van der Waals surface area contributed by atoms with Gasteiger partial charge < -0.3 is 5.73 Å². The summed E-state index contributed by atoms with van der Waals surface area (Å²) < 4.78 is 0. The minimum atomic E-state index is 0.113. The second kappa shape index (κ2) is 7.95. The molecule has 0 amide bonds. The van der Waals surface area contributed by atoms with E-state index < -0.39 is 0 Å². The third-order valence-electron chi connectivity index (χ3n) is 5.33. The molecule has 0 aliphatic heterocycles. The molecule has 120 valence electrons. The fourth-order valence-electron chi connectivity index (χ4n) is 3.68. The van der Waals surface area contributed by atoms with Crippen LogP contribution in [0.4, 0.5) is 0 Å². The molecule has 0 bridgehead atoms. The van der Waals surface area contributed by atoms with Gasteiger partial charge in [-0.15, -0.1) is 0 Å². The Labute approximate surface area is 131 Å². The number of hydrogen-bond donors (Lipinski definition) is 1. The number of hydrogen-bond acceptors (Lipinski definition) is 2. The highest BCUT2D eigenvalue weighted by Crippen LogP contribution is 2.29. The molecule has 0 radical (unpaired) electrons. The lowest BCUT2D eigenvalue weighted by Gasteiger charge is -2.46. The van der Waals surface area contributed by atoms with Crippen molar-refractivity contribution in [2.75, 3.05) is 13.1 Å². The lowest BCUT2D eigenvalue weighted by Crippen LogP contribution is -2.60. The first kappa shape index (κ1) is 18.2. The molecule has 0 aliphatic carbocycles. The molecule has 0 heterocycles. The number of nitrogens with two attached hydrogens (primary N) is 1. The van der Waals surface area contributed by atoms with Gasteiger partial charge in [-0.1, -0.05) is 45.9 Å². The van der Waals surface area contributed by atoms with Gasteiger partial charge in [0.2, 0.25) is 0 Å². The molecule has 21 heavy (non-hydrogen) atoms. The Morgan fingerprint density at radius 2 is 1.57 bits per heavy atom. The SMILES string of the molecule is CCN(CC)C(CC)(CC)C(N)Cc1ccc(C)c(C)c1. The molecule has 1 rings (SSSR count). The maximum absolute atomic E-state index is 6.70. The van der Waals surface area contributed by atoms with Gasteiger partial charge in [0.15, 0.2) is 0 Å². The third kappa shape index (κ3) is 3.87. The summed E-state index contributed by atoms with van der Waals surface area (Å²) in [5, 5.41) is 0. The Morgan fingerprint density at radius 3 is 2.00 bits per heavy atom. The third-order valence-corrected chi connectivity index (χ3v) is 5.33. The first-order valence-electron chi connectivity index (χ1n) is 8.51. The van der Waals surface area contributed by atoms with Crippen molar-refractivity contribution in [1.29, 1.82) is 0 Å². The average molecular weight is 290 g/mol. The molecular formula is C19H34N2. The molecule has 0 aromatic heterocycles. The summed E-state index contributed by atoms with van der Waals surface area (Å²) in [6, 6.07) is 6.93. The molecule has 0 saturated heterocycles. The van der Waals surface area contributed by atoms with Crippen LogP contribution >= 0.6 is 0 Å². The fraction of sp³-hybridized carbons (Fsp3) is 0.684. The zero-order valence-corrected chi connectivity index (χ0v) is 14.9. The van der Waals surface area contributed by atoms with E-state index in [0.29, 0.717) is 0 Å². The molecule has 0 saturated carbocycles. The van der Waals surface area contributed by atoms with Crippen LogP contribution in [0.2, 0.25) is 0 Å². The second-order valence-electron chi connectivity index (χ2n) is 6.21. The number of aryl methyl sites for hydroxylation is 2. The van der Waals surface area contributed by atoms with Gasteiger partial charge in [-0.2, -0.15) is 0 Å². The summed E-state index contributed by atoms with van der Waals surface area (Å²) in [4.78, 5) is 2.55. The molecular weight excluding hydrogens is 256 g/mol. The van der Waals surface area contributed by atoms with Gasteiger partial charge in [0.1, 0.15) is 0 Å². The van der Waals surface area contributed by atoms with Crippen molar-refractivity contribution < 1.29 is 0 Å². The fourth-order valence-corrected chi connectivity index (χ4v) is 3.68. The molecule has 0 aliphatic rings. The van der Waals surface area contributed by atoms with E-state index in [1.54, 1.807) is 0 Å². The van der Waals surface area contributed by atoms with E-state index in [-0.39, 0.29) is 11.6 Å². The van der Waals surface area contributed by atoms with Gasteiger partial charge >= 0.3 is 0 Å². The topological polar surface area (TPSA) is 29.3 Å². The zero-order valence-electron chi connectivity index (χ0n) is 14.9. The minimum Gasteiger partial charge on any atom is -0.326 e. The molecule has 0 spiro atoms.